The van der Waals surface area contributed by atoms with Crippen molar-refractivity contribution in [3.63, 3.8) is 0 Å². The van der Waals surface area contributed by atoms with Crippen molar-refractivity contribution in [2.45, 2.75) is 12.5 Å². The molecule has 1 saturated heterocycles. The molecule has 6 heteroatoms. The molecule has 20 heavy (non-hydrogen) atoms. The van der Waals surface area contributed by atoms with Crippen molar-refractivity contribution in [3.05, 3.63) is 12.1 Å². The van der Waals surface area contributed by atoms with Crippen LogP contribution in [0.1, 0.15) is 6.42 Å². The molecule has 1 aromatic rings. The van der Waals surface area contributed by atoms with Crippen molar-refractivity contribution in [1.29, 1.82) is 0 Å². The van der Waals surface area contributed by atoms with Crippen LogP contribution in [0, 0.1) is 0 Å². The van der Waals surface area contributed by atoms with Gasteiger partial charge in [-0.1, -0.05) is 0 Å². The number of nitrogens with zero attached hydrogens (tertiary/aromatic N) is 1. The summed E-state index contributed by atoms with van der Waals surface area (Å²) in [5.41, 5.74) is 0.771. The molecule has 6 nitrogen and oxygen atoms in total. The first-order valence-electron chi connectivity index (χ1n) is 6.42. The topological polar surface area (TPSA) is 60.0 Å². The fourth-order valence-electron chi connectivity index (χ4n) is 2.32. The maximum absolute atomic E-state index is 11.9. The van der Waals surface area contributed by atoms with E-state index in [0.29, 0.717) is 17.2 Å². The van der Waals surface area contributed by atoms with E-state index in [0.717, 1.165) is 18.7 Å². The lowest BCUT2D eigenvalue weighted by molar-refractivity contribution is -0.127. The minimum Gasteiger partial charge on any atom is -0.493 e. The lowest BCUT2D eigenvalue weighted by Gasteiger charge is -2.17. The summed E-state index contributed by atoms with van der Waals surface area (Å²) >= 11 is 0. The Kier molecular flexibility index (Phi) is 4.22. The Hall–Kier alpha value is -2.11. The molecule has 0 bridgehead atoms. The van der Waals surface area contributed by atoms with Crippen LogP contribution in [0.4, 0.5) is 5.69 Å². The number of ether oxygens (including phenoxy) is 3. The minimum absolute atomic E-state index is 0.0961. The van der Waals surface area contributed by atoms with E-state index < -0.39 is 0 Å². The molecule has 1 aliphatic rings. The molecule has 1 fully saturated rings. The summed E-state index contributed by atoms with van der Waals surface area (Å²) in [6.45, 7) is 0.765. The van der Waals surface area contributed by atoms with Gasteiger partial charge in [0.05, 0.1) is 21.3 Å². The molecular formula is C14H20N2O4. The largest absolute Gasteiger partial charge is 0.493 e. The zero-order chi connectivity index (χ0) is 14.7. The Balaban J connectivity index is 2.26. The maximum atomic E-state index is 11.9. The van der Waals surface area contributed by atoms with E-state index in [2.05, 4.69) is 5.32 Å². The molecule has 110 valence electrons. The Bertz CT molecular complexity index is 479. The second-order valence-corrected chi connectivity index (χ2v) is 4.66. The van der Waals surface area contributed by atoms with Gasteiger partial charge in [-0.05, 0) is 6.42 Å². The minimum atomic E-state index is -0.206. The van der Waals surface area contributed by atoms with Crippen LogP contribution in [0.25, 0.3) is 0 Å². The number of hydrogen-bond acceptors (Lipinski definition) is 5. The Morgan fingerprint density at radius 2 is 1.75 bits per heavy atom. The molecule has 1 heterocycles. The zero-order valence-electron chi connectivity index (χ0n) is 12.2. The standard InChI is InChI=1S/C14H20N2O4/c1-16-6-5-10(14(16)17)15-9-7-11(18-2)13(20-4)12(8-9)19-3/h7-8,10,15H,5-6H2,1-4H3. The number of anilines is 1. The maximum Gasteiger partial charge on any atom is 0.244 e. The number of carbonyl (C=O) groups is 1. The van der Waals surface area contributed by atoms with Crippen molar-refractivity contribution in [1.82, 2.24) is 4.90 Å². The number of carbonyl (C=O) groups excluding carboxylic acids is 1. The van der Waals surface area contributed by atoms with Crippen LogP contribution in [0.15, 0.2) is 12.1 Å². The van der Waals surface area contributed by atoms with E-state index in [4.69, 9.17) is 14.2 Å². The molecule has 0 aromatic heterocycles. The lowest BCUT2D eigenvalue weighted by Crippen LogP contribution is -2.30. The average molecular weight is 280 g/mol. The Morgan fingerprint density at radius 1 is 1.15 bits per heavy atom. The summed E-state index contributed by atoms with van der Waals surface area (Å²) in [5, 5.41) is 3.22. The second-order valence-electron chi connectivity index (χ2n) is 4.66. The Labute approximate surface area is 118 Å². The fraction of sp³-hybridized carbons (Fsp3) is 0.500. The number of benzene rings is 1. The summed E-state index contributed by atoms with van der Waals surface area (Å²) in [4.78, 5) is 13.6. The van der Waals surface area contributed by atoms with Crippen LogP contribution < -0.4 is 19.5 Å². The van der Waals surface area contributed by atoms with Gasteiger partial charge in [-0.2, -0.15) is 0 Å². The van der Waals surface area contributed by atoms with Gasteiger partial charge in [-0.15, -0.1) is 0 Å². The van der Waals surface area contributed by atoms with Gasteiger partial charge in [0.15, 0.2) is 11.5 Å². The Morgan fingerprint density at radius 3 is 2.15 bits per heavy atom. The van der Waals surface area contributed by atoms with Crippen molar-refractivity contribution in [2.24, 2.45) is 0 Å². The van der Waals surface area contributed by atoms with Gasteiger partial charge in [-0.3, -0.25) is 4.79 Å². The highest BCUT2D eigenvalue weighted by molar-refractivity contribution is 5.86. The highest BCUT2D eigenvalue weighted by Crippen LogP contribution is 2.40. The average Bonchev–Trinajstić information content (AvgIpc) is 2.78. The first-order chi connectivity index (χ1) is 9.60. The van der Waals surface area contributed by atoms with Crippen molar-refractivity contribution in [3.8, 4) is 17.2 Å². The molecule has 1 atom stereocenters. The monoisotopic (exact) mass is 280 g/mol. The van der Waals surface area contributed by atoms with Gasteiger partial charge in [0.2, 0.25) is 11.7 Å². The summed E-state index contributed by atoms with van der Waals surface area (Å²) in [6, 6.07) is 3.39. The van der Waals surface area contributed by atoms with Gasteiger partial charge >= 0.3 is 0 Å². The molecule has 1 aromatic carbocycles. The predicted octanol–water partition coefficient (Wildman–Crippen LogP) is 1.35. The number of rotatable bonds is 5. The summed E-state index contributed by atoms with van der Waals surface area (Å²) in [6.07, 6.45) is 0.784. The van der Waals surface area contributed by atoms with Gasteiger partial charge in [0.25, 0.3) is 0 Å². The molecule has 1 unspecified atom stereocenters. The summed E-state index contributed by atoms with van der Waals surface area (Å²) in [5.74, 6) is 1.76. The number of likely N-dealkylation sites (tertiary alicyclic amines) is 1. The molecule has 1 amide bonds. The van der Waals surface area contributed by atoms with E-state index in [-0.39, 0.29) is 11.9 Å². The zero-order valence-corrected chi connectivity index (χ0v) is 12.2. The van der Waals surface area contributed by atoms with E-state index >= 15 is 0 Å². The highest BCUT2D eigenvalue weighted by Gasteiger charge is 2.29. The molecule has 0 radical (unpaired) electrons. The quantitative estimate of drug-likeness (QED) is 0.882. The van der Waals surface area contributed by atoms with Gasteiger partial charge < -0.3 is 24.4 Å². The van der Waals surface area contributed by atoms with E-state index in [9.17, 15) is 4.79 Å². The third-order valence-electron chi connectivity index (χ3n) is 3.43. The third kappa shape index (κ3) is 2.59. The van der Waals surface area contributed by atoms with Gasteiger partial charge in [0, 0.05) is 31.4 Å². The summed E-state index contributed by atoms with van der Waals surface area (Å²) in [7, 11) is 6.49. The first kappa shape index (κ1) is 14.3. The number of hydrogen-bond donors (Lipinski definition) is 1. The van der Waals surface area contributed by atoms with Crippen LogP contribution in [-0.2, 0) is 4.79 Å². The molecule has 2 rings (SSSR count). The molecular weight excluding hydrogens is 260 g/mol. The number of methoxy groups -OCH3 is 3. The molecule has 1 N–H and O–H groups in total. The highest BCUT2D eigenvalue weighted by atomic mass is 16.5. The van der Waals surface area contributed by atoms with Gasteiger partial charge in [0.1, 0.15) is 6.04 Å². The van der Waals surface area contributed by atoms with Crippen LogP contribution in [0.5, 0.6) is 17.2 Å². The van der Waals surface area contributed by atoms with Crippen LogP contribution in [0.3, 0.4) is 0 Å². The van der Waals surface area contributed by atoms with E-state index in [1.54, 1.807) is 45.4 Å². The second kappa shape index (κ2) is 5.90. The fourth-order valence-corrected chi connectivity index (χ4v) is 2.32. The smallest absolute Gasteiger partial charge is 0.244 e. The first-order valence-corrected chi connectivity index (χ1v) is 6.42. The normalized spacial score (nSPS) is 18.1. The number of nitrogens with one attached hydrogen (secondary N) is 1. The van der Waals surface area contributed by atoms with Crippen LogP contribution >= 0.6 is 0 Å². The van der Waals surface area contributed by atoms with Crippen molar-refractivity contribution in [2.75, 3.05) is 40.2 Å². The van der Waals surface area contributed by atoms with E-state index in [1.165, 1.54) is 0 Å². The van der Waals surface area contributed by atoms with E-state index in [1.807, 2.05) is 0 Å². The number of amides is 1. The van der Waals surface area contributed by atoms with Crippen molar-refractivity contribution >= 4 is 11.6 Å². The molecule has 0 aliphatic carbocycles. The van der Waals surface area contributed by atoms with Crippen LogP contribution in [-0.4, -0.2) is 51.8 Å². The van der Waals surface area contributed by atoms with Gasteiger partial charge in [-0.25, -0.2) is 0 Å². The molecule has 0 spiro atoms. The van der Waals surface area contributed by atoms with Crippen LogP contribution in [0.2, 0.25) is 0 Å². The number of likely N-dealkylation sites (N-methyl/N-ethyl adjacent to an activating group) is 1. The predicted molar refractivity (Wildman–Crippen MR) is 75.8 cm³/mol. The third-order valence-corrected chi connectivity index (χ3v) is 3.43. The lowest BCUT2D eigenvalue weighted by atomic mass is 10.2. The van der Waals surface area contributed by atoms with Crippen molar-refractivity contribution < 1.29 is 19.0 Å². The molecule has 1 aliphatic heterocycles. The summed E-state index contributed by atoms with van der Waals surface area (Å²) < 4.78 is 15.9. The molecule has 0 saturated carbocycles. The SMILES string of the molecule is COc1cc(NC2CCN(C)C2=O)cc(OC)c1OC.